The summed E-state index contributed by atoms with van der Waals surface area (Å²) in [7, 11) is 1.82. The van der Waals surface area contributed by atoms with Gasteiger partial charge in [-0.3, -0.25) is 4.79 Å². The van der Waals surface area contributed by atoms with E-state index in [9.17, 15) is 9.90 Å². The van der Waals surface area contributed by atoms with Gasteiger partial charge >= 0.3 is 0 Å². The second kappa shape index (κ2) is 8.61. The van der Waals surface area contributed by atoms with Crippen LogP contribution in [0.4, 0.5) is 5.69 Å². The van der Waals surface area contributed by atoms with Gasteiger partial charge in [0.25, 0.3) is 5.91 Å². The molecule has 0 radical (unpaired) electrons. The number of ether oxygens (including phenoxy) is 2. The highest BCUT2D eigenvalue weighted by molar-refractivity contribution is 5.76. The molecule has 7 nitrogen and oxygen atoms in total. The lowest BCUT2D eigenvalue weighted by atomic mass is 10.2. The van der Waals surface area contributed by atoms with E-state index >= 15 is 0 Å². The molecule has 154 valence electrons. The molecule has 0 aliphatic carbocycles. The van der Waals surface area contributed by atoms with Crippen LogP contribution in [0.2, 0.25) is 0 Å². The van der Waals surface area contributed by atoms with E-state index in [-0.39, 0.29) is 12.0 Å². The Morgan fingerprint density at radius 3 is 2.59 bits per heavy atom. The number of quaternary nitrogens is 1. The van der Waals surface area contributed by atoms with Crippen LogP contribution in [0.15, 0.2) is 48.5 Å². The molecular weight excluding hydrogens is 370 g/mol. The van der Waals surface area contributed by atoms with E-state index in [1.807, 2.05) is 49.5 Å². The van der Waals surface area contributed by atoms with Gasteiger partial charge < -0.3 is 29.3 Å². The summed E-state index contributed by atoms with van der Waals surface area (Å²) in [4.78, 5) is 17.9. The van der Waals surface area contributed by atoms with Gasteiger partial charge in [0.15, 0.2) is 24.1 Å². The minimum atomic E-state index is -0.160. The number of para-hydroxylation sites is 4. The van der Waals surface area contributed by atoms with E-state index < -0.39 is 0 Å². The molecular formula is C22H28N3O4+. The number of piperazine rings is 1. The van der Waals surface area contributed by atoms with Crippen molar-refractivity contribution < 1.29 is 24.3 Å². The van der Waals surface area contributed by atoms with E-state index in [1.54, 1.807) is 11.0 Å². The van der Waals surface area contributed by atoms with E-state index in [4.69, 9.17) is 9.47 Å². The lowest BCUT2D eigenvalue weighted by Gasteiger charge is -2.34. The van der Waals surface area contributed by atoms with Crippen molar-refractivity contribution in [2.75, 3.05) is 57.8 Å². The normalized spacial score (nSPS) is 19.1. The minimum Gasteiger partial charge on any atom is -0.506 e. The number of likely N-dealkylation sites (N-methyl/N-ethyl adjacent to an activating group) is 1. The Morgan fingerprint density at radius 2 is 1.83 bits per heavy atom. The number of amides is 1. The van der Waals surface area contributed by atoms with E-state index in [1.165, 1.54) is 4.90 Å². The zero-order chi connectivity index (χ0) is 20.2. The molecule has 7 heteroatoms. The first-order valence-electron chi connectivity index (χ1n) is 10.1. The van der Waals surface area contributed by atoms with Crippen LogP contribution in [-0.4, -0.2) is 74.9 Å². The van der Waals surface area contributed by atoms with Crippen molar-refractivity contribution in [3.63, 3.8) is 0 Å². The van der Waals surface area contributed by atoms with Crippen LogP contribution in [0.1, 0.15) is 0 Å². The number of carbonyl (C=O) groups is 1. The first-order chi connectivity index (χ1) is 14.1. The molecule has 2 aromatic carbocycles. The van der Waals surface area contributed by atoms with Crippen LogP contribution in [0.5, 0.6) is 17.2 Å². The maximum atomic E-state index is 12.7. The number of hydrogen-bond acceptors (Lipinski definition) is 5. The van der Waals surface area contributed by atoms with E-state index in [2.05, 4.69) is 4.90 Å². The number of carbonyl (C=O) groups excluding carboxylic acids is 1. The molecule has 29 heavy (non-hydrogen) atoms. The number of rotatable bonds is 5. The van der Waals surface area contributed by atoms with Crippen molar-refractivity contribution in [1.29, 1.82) is 0 Å². The van der Waals surface area contributed by atoms with Crippen molar-refractivity contribution in [1.82, 2.24) is 4.90 Å². The zero-order valence-corrected chi connectivity index (χ0v) is 16.7. The molecule has 2 heterocycles. The van der Waals surface area contributed by atoms with Gasteiger partial charge in [0.1, 0.15) is 12.4 Å². The number of nitrogens with one attached hydrogen (secondary N) is 1. The predicted octanol–water partition coefficient (Wildman–Crippen LogP) is 0.396. The zero-order valence-electron chi connectivity index (χ0n) is 16.7. The first kappa shape index (κ1) is 19.4. The topological polar surface area (TPSA) is 66.7 Å². The van der Waals surface area contributed by atoms with Crippen molar-refractivity contribution in [3.8, 4) is 17.2 Å². The van der Waals surface area contributed by atoms with Gasteiger partial charge in [-0.2, -0.15) is 0 Å². The van der Waals surface area contributed by atoms with Gasteiger partial charge in [0, 0.05) is 7.05 Å². The van der Waals surface area contributed by atoms with Crippen molar-refractivity contribution in [2.45, 2.75) is 6.10 Å². The largest absolute Gasteiger partial charge is 0.506 e. The first-order valence-corrected chi connectivity index (χ1v) is 10.1. The molecule has 2 N–H and O–H groups in total. The van der Waals surface area contributed by atoms with Gasteiger partial charge in [-0.1, -0.05) is 24.3 Å². The Balaban J connectivity index is 1.24. The Morgan fingerprint density at radius 1 is 1.14 bits per heavy atom. The molecule has 0 unspecified atom stereocenters. The maximum Gasteiger partial charge on any atom is 0.277 e. The monoisotopic (exact) mass is 398 g/mol. The van der Waals surface area contributed by atoms with Gasteiger partial charge in [-0.25, -0.2) is 0 Å². The molecule has 1 saturated heterocycles. The smallest absolute Gasteiger partial charge is 0.277 e. The van der Waals surface area contributed by atoms with Gasteiger partial charge in [-0.05, 0) is 24.3 Å². The molecule has 4 rings (SSSR count). The number of anilines is 1. The lowest BCUT2D eigenvalue weighted by Crippen LogP contribution is -3.15. The van der Waals surface area contributed by atoms with Crippen LogP contribution in [-0.2, 0) is 4.79 Å². The SMILES string of the molecule is CN(C[C@@H]1COc2ccccc2O1)C(=O)C[NH+]1CCN(c2ccccc2O)CC1. The molecule has 0 bridgehead atoms. The Hall–Kier alpha value is -2.93. The Kier molecular flexibility index (Phi) is 5.76. The molecule has 0 aromatic heterocycles. The molecule has 0 saturated carbocycles. The Labute approximate surface area is 171 Å². The summed E-state index contributed by atoms with van der Waals surface area (Å²) in [6.07, 6.45) is -0.160. The summed E-state index contributed by atoms with van der Waals surface area (Å²) in [6, 6.07) is 15.0. The number of phenolic OH excluding ortho intramolecular Hbond substituents is 1. The highest BCUT2D eigenvalue weighted by Crippen LogP contribution is 2.31. The molecule has 2 aliphatic rings. The highest BCUT2D eigenvalue weighted by atomic mass is 16.6. The number of hydrogen-bond donors (Lipinski definition) is 2. The van der Waals surface area contributed by atoms with Gasteiger partial charge in [0.2, 0.25) is 0 Å². The van der Waals surface area contributed by atoms with E-state index in [0.717, 1.165) is 43.4 Å². The third-order valence-corrected chi connectivity index (χ3v) is 5.56. The fourth-order valence-corrected chi connectivity index (χ4v) is 3.88. The third-order valence-electron chi connectivity index (χ3n) is 5.56. The van der Waals surface area contributed by atoms with Crippen LogP contribution < -0.4 is 19.3 Å². The van der Waals surface area contributed by atoms with Crippen molar-refractivity contribution in [3.05, 3.63) is 48.5 Å². The maximum absolute atomic E-state index is 12.7. The van der Waals surface area contributed by atoms with Crippen LogP contribution in [0.25, 0.3) is 0 Å². The molecule has 1 atom stereocenters. The summed E-state index contributed by atoms with van der Waals surface area (Å²) in [5, 5.41) is 10.0. The van der Waals surface area contributed by atoms with Gasteiger partial charge in [0.05, 0.1) is 38.4 Å². The summed E-state index contributed by atoms with van der Waals surface area (Å²) in [6.45, 7) is 4.79. The quantitative estimate of drug-likeness (QED) is 0.763. The second-order valence-electron chi connectivity index (χ2n) is 7.67. The molecule has 1 amide bonds. The molecule has 0 spiro atoms. The van der Waals surface area contributed by atoms with Crippen LogP contribution in [0, 0.1) is 0 Å². The average Bonchev–Trinajstić information content (AvgIpc) is 2.74. The lowest BCUT2D eigenvalue weighted by molar-refractivity contribution is -0.892. The summed E-state index contributed by atoms with van der Waals surface area (Å²) in [5.41, 5.74) is 0.865. The minimum absolute atomic E-state index is 0.110. The standard InChI is InChI=1S/C22H27N3O4/c1-23(14-17-16-28-20-8-4-5-9-21(20)29-17)22(27)15-24-10-12-25(13-11-24)18-6-2-3-7-19(18)26/h2-9,17,26H,10-16H2,1H3/p+1/t17-/m1/s1. The number of phenols is 1. The number of benzene rings is 2. The number of aromatic hydroxyl groups is 1. The summed E-state index contributed by atoms with van der Waals surface area (Å²) < 4.78 is 11.7. The summed E-state index contributed by atoms with van der Waals surface area (Å²) in [5.74, 6) is 1.90. The molecule has 2 aliphatic heterocycles. The summed E-state index contributed by atoms with van der Waals surface area (Å²) >= 11 is 0. The second-order valence-corrected chi connectivity index (χ2v) is 7.67. The average molecular weight is 398 g/mol. The molecule has 2 aromatic rings. The fraction of sp³-hybridized carbons (Fsp3) is 0.409. The fourth-order valence-electron chi connectivity index (χ4n) is 3.88. The van der Waals surface area contributed by atoms with Crippen LogP contribution >= 0.6 is 0 Å². The number of fused-ring (bicyclic) bond motifs is 1. The highest BCUT2D eigenvalue weighted by Gasteiger charge is 2.27. The van der Waals surface area contributed by atoms with Gasteiger partial charge in [-0.15, -0.1) is 0 Å². The molecule has 1 fully saturated rings. The van der Waals surface area contributed by atoms with E-state index in [0.29, 0.717) is 25.4 Å². The Bertz CT molecular complexity index is 851. The number of nitrogens with zero attached hydrogens (tertiary/aromatic N) is 2. The van der Waals surface area contributed by atoms with Crippen molar-refractivity contribution >= 4 is 11.6 Å². The van der Waals surface area contributed by atoms with Crippen LogP contribution in [0.3, 0.4) is 0 Å². The van der Waals surface area contributed by atoms with Crippen molar-refractivity contribution in [2.24, 2.45) is 0 Å². The predicted molar refractivity (Wildman–Crippen MR) is 110 cm³/mol. The third kappa shape index (κ3) is 4.56.